The van der Waals surface area contributed by atoms with Crippen LogP contribution in [0.25, 0.3) is 0 Å². The van der Waals surface area contributed by atoms with Crippen LogP contribution in [0.15, 0.2) is 47.8 Å². The average Bonchev–Trinajstić information content (AvgIpc) is 2.77. The zero-order valence-corrected chi connectivity index (χ0v) is 19.3. The molecule has 1 atom stereocenters. The molecule has 0 heterocycles. The summed E-state index contributed by atoms with van der Waals surface area (Å²) in [5.41, 5.74) is 3.53. The van der Waals surface area contributed by atoms with Gasteiger partial charge in [0, 0.05) is 24.1 Å². The molecule has 30 heavy (non-hydrogen) atoms. The van der Waals surface area contributed by atoms with Crippen LogP contribution in [-0.2, 0) is 13.0 Å². The zero-order chi connectivity index (χ0) is 21.2. The number of nitrogens with one attached hydrogen (secondary N) is 1. The van der Waals surface area contributed by atoms with Gasteiger partial charge in [-0.3, -0.25) is 0 Å². The third-order valence-electron chi connectivity index (χ3n) is 7.15. The summed E-state index contributed by atoms with van der Waals surface area (Å²) >= 11 is 0. The molecule has 1 fully saturated rings. The normalized spacial score (nSPS) is 19.8. The van der Waals surface area contributed by atoms with Gasteiger partial charge in [-0.2, -0.15) is 0 Å². The van der Waals surface area contributed by atoms with Crippen molar-refractivity contribution >= 4 is 0 Å². The first-order valence-electron chi connectivity index (χ1n) is 12.5. The number of rotatable bonds is 11. The standard InChI is InChI=1S/C28H42FN/c1-3-12-23(2)13-5-6-14-24-15-11-16-25(21-24)22-30-28(19-9-4-10-20-28)26-17-7-8-18-27(26)29/h7,11,15-17,21,23,30H,3-6,8-10,12-14,18-20,22H2,1-2H3. The van der Waals surface area contributed by atoms with Crippen molar-refractivity contribution < 1.29 is 4.39 Å². The van der Waals surface area contributed by atoms with Gasteiger partial charge in [-0.05, 0) is 49.1 Å². The predicted molar refractivity (Wildman–Crippen MR) is 127 cm³/mol. The van der Waals surface area contributed by atoms with E-state index in [9.17, 15) is 4.39 Å². The fourth-order valence-corrected chi connectivity index (χ4v) is 5.38. The molecule has 1 unspecified atom stereocenters. The van der Waals surface area contributed by atoms with Crippen molar-refractivity contribution in [2.75, 3.05) is 0 Å². The lowest BCUT2D eigenvalue weighted by atomic mass is 9.74. The fourth-order valence-electron chi connectivity index (χ4n) is 5.38. The van der Waals surface area contributed by atoms with Crippen LogP contribution in [0, 0.1) is 5.92 Å². The van der Waals surface area contributed by atoms with Crippen molar-refractivity contribution in [1.29, 1.82) is 0 Å². The quantitative estimate of drug-likeness (QED) is 0.362. The predicted octanol–water partition coefficient (Wildman–Crippen LogP) is 8.20. The molecule has 0 spiro atoms. The highest BCUT2D eigenvalue weighted by Crippen LogP contribution is 2.39. The third-order valence-corrected chi connectivity index (χ3v) is 7.15. The average molecular weight is 412 g/mol. The van der Waals surface area contributed by atoms with Gasteiger partial charge >= 0.3 is 0 Å². The van der Waals surface area contributed by atoms with Crippen molar-refractivity contribution in [3.8, 4) is 0 Å². The Morgan fingerprint density at radius 3 is 2.63 bits per heavy atom. The topological polar surface area (TPSA) is 12.0 Å². The number of benzene rings is 1. The van der Waals surface area contributed by atoms with E-state index in [0.717, 1.165) is 37.3 Å². The smallest absolute Gasteiger partial charge is 0.105 e. The summed E-state index contributed by atoms with van der Waals surface area (Å²) < 4.78 is 14.7. The van der Waals surface area contributed by atoms with Crippen molar-refractivity contribution in [1.82, 2.24) is 5.32 Å². The Balaban J connectivity index is 1.57. The summed E-state index contributed by atoms with van der Waals surface area (Å²) in [4.78, 5) is 0. The molecule has 166 valence electrons. The Labute approximate surface area is 184 Å². The Morgan fingerprint density at radius 1 is 1.07 bits per heavy atom. The van der Waals surface area contributed by atoms with Gasteiger partial charge in [0.2, 0.25) is 0 Å². The highest BCUT2D eigenvalue weighted by Gasteiger charge is 2.36. The summed E-state index contributed by atoms with van der Waals surface area (Å²) in [5.74, 6) is 0.971. The van der Waals surface area contributed by atoms with Crippen LogP contribution in [0.3, 0.4) is 0 Å². The third kappa shape index (κ3) is 6.54. The van der Waals surface area contributed by atoms with E-state index < -0.39 is 0 Å². The van der Waals surface area contributed by atoms with Crippen molar-refractivity contribution in [2.24, 2.45) is 5.92 Å². The van der Waals surface area contributed by atoms with E-state index in [1.165, 1.54) is 68.9 Å². The van der Waals surface area contributed by atoms with Gasteiger partial charge in [0.25, 0.3) is 0 Å². The molecule has 0 saturated heterocycles. The zero-order valence-electron chi connectivity index (χ0n) is 19.3. The van der Waals surface area contributed by atoms with Crippen molar-refractivity contribution in [3.63, 3.8) is 0 Å². The van der Waals surface area contributed by atoms with Crippen LogP contribution in [-0.4, -0.2) is 5.54 Å². The SMILES string of the molecule is CCCC(C)CCCCc1cccc(CNC2(C3=C(F)CCC=C3)CCCCC2)c1. The maximum atomic E-state index is 14.7. The van der Waals surface area contributed by atoms with E-state index >= 15 is 0 Å². The monoisotopic (exact) mass is 411 g/mol. The minimum atomic E-state index is -0.176. The molecular weight excluding hydrogens is 369 g/mol. The first-order chi connectivity index (χ1) is 14.6. The minimum Gasteiger partial charge on any atom is -0.303 e. The lowest BCUT2D eigenvalue weighted by Crippen LogP contribution is -2.48. The van der Waals surface area contributed by atoms with Crippen LogP contribution in [0.4, 0.5) is 4.39 Å². The highest BCUT2D eigenvalue weighted by atomic mass is 19.1. The minimum absolute atomic E-state index is 0.109. The van der Waals surface area contributed by atoms with Crippen LogP contribution in [0.2, 0.25) is 0 Å². The number of allylic oxidation sites excluding steroid dienone is 2. The number of hydrogen-bond donors (Lipinski definition) is 1. The molecule has 0 bridgehead atoms. The van der Waals surface area contributed by atoms with Crippen LogP contribution in [0.1, 0.15) is 102 Å². The molecule has 3 rings (SSSR count). The molecule has 0 amide bonds. The van der Waals surface area contributed by atoms with E-state index in [1.54, 1.807) is 0 Å². The van der Waals surface area contributed by atoms with Crippen molar-refractivity contribution in [3.05, 3.63) is 58.9 Å². The second kappa shape index (κ2) is 11.8. The maximum absolute atomic E-state index is 14.7. The van der Waals surface area contributed by atoms with E-state index in [1.807, 2.05) is 0 Å². The molecule has 1 saturated carbocycles. The molecule has 2 heteroatoms. The first-order valence-corrected chi connectivity index (χ1v) is 12.5. The second-order valence-corrected chi connectivity index (χ2v) is 9.72. The first kappa shape index (κ1) is 23.3. The van der Waals surface area contributed by atoms with E-state index in [2.05, 4.69) is 55.6 Å². The summed E-state index contributed by atoms with van der Waals surface area (Å²) in [6.45, 7) is 5.49. The highest BCUT2D eigenvalue weighted by molar-refractivity contribution is 5.37. The molecule has 1 N–H and O–H groups in total. The van der Waals surface area contributed by atoms with Crippen molar-refractivity contribution in [2.45, 2.75) is 109 Å². The number of hydrogen-bond acceptors (Lipinski definition) is 1. The van der Waals surface area contributed by atoms with Crippen LogP contribution in [0.5, 0.6) is 0 Å². The molecule has 0 aromatic heterocycles. The molecular formula is C28H42FN. The molecule has 2 aliphatic rings. The molecule has 1 nitrogen and oxygen atoms in total. The van der Waals surface area contributed by atoms with Gasteiger partial charge in [0.15, 0.2) is 0 Å². The maximum Gasteiger partial charge on any atom is 0.105 e. The van der Waals surface area contributed by atoms with Gasteiger partial charge in [-0.1, -0.05) is 95.2 Å². The van der Waals surface area contributed by atoms with Crippen LogP contribution >= 0.6 is 0 Å². The van der Waals surface area contributed by atoms with Gasteiger partial charge in [0.1, 0.15) is 5.83 Å². The number of halogens is 1. The fraction of sp³-hybridized carbons (Fsp3) is 0.643. The van der Waals surface area contributed by atoms with Gasteiger partial charge in [-0.15, -0.1) is 0 Å². The Morgan fingerprint density at radius 2 is 1.87 bits per heavy atom. The summed E-state index contributed by atoms with van der Waals surface area (Å²) in [6.07, 6.45) is 19.2. The lowest BCUT2D eigenvalue weighted by molar-refractivity contribution is 0.269. The number of aryl methyl sites for hydroxylation is 1. The molecule has 0 radical (unpaired) electrons. The van der Waals surface area contributed by atoms with E-state index in [0.29, 0.717) is 6.42 Å². The van der Waals surface area contributed by atoms with Gasteiger partial charge in [-0.25, -0.2) is 4.39 Å². The van der Waals surface area contributed by atoms with E-state index in [-0.39, 0.29) is 11.4 Å². The van der Waals surface area contributed by atoms with Gasteiger partial charge < -0.3 is 5.32 Å². The van der Waals surface area contributed by atoms with Gasteiger partial charge in [0.05, 0.1) is 0 Å². The summed E-state index contributed by atoms with van der Waals surface area (Å²) in [7, 11) is 0. The Hall–Kier alpha value is -1.41. The summed E-state index contributed by atoms with van der Waals surface area (Å²) in [6, 6.07) is 9.04. The Kier molecular flexibility index (Phi) is 9.18. The molecule has 2 aliphatic carbocycles. The second-order valence-electron chi connectivity index (χ2n) is 9.72. The van der Waals surface area contributed by atoms with Crippen LogP contribution < -0.4 is 5.32 Å². The largest absolute Gasteiger partial charge is 0.303 e. The molecule has 1 aromatic rings. The van der Waals surface area contributed by atoms with E-state index in [4.69, 9.17) is 0 Å². The molecule has 1 aromatic carbocycles. The Bertz CT molecular complexity index is 711. The molecule has 0 aliphatic heterocycles. The summed E-state index contributed by atoms with van der Waals surface area (Å²) in [5, 5.41) is 3.83. The lowest BCUT2D eigenvalue weighted by Gasteiger charge is -2.40. The number of unbranched alkanes of at least 4 members (excludes halogenated alkanes) is 1.